The van der Waals surface area contributed by atoms with E-state index in [1.807, 2.05) is 0 Å². The number of aliphatic hydroxyl groups excluding tert-OH is 1. The third-order valence-electron chi connectivity index (χ3n) is 2.23. The summed E-state index contributed by atoms with van der Waals surface area (Å²) < 4.78 is 17.7. The fourth-order valence-corrected chi connectivity index (χ4v) is 1.37. The lowest BCUT2D eigenvalue weighted by Crippen LogP contribution is -2.10. The Morgan fingerprint density at radius 3 is 2.81 bits per heavy atom. The molecule has 16 heavy (non-hydrogen) atoms. The molecule has 1 rings (SSSR count). The van der Waals surface area contributed by atoms with E-state index in [1.165, 1.54) is 18.2 Å². The number of halogens is 1. The number of hydrogen-bond acceptors (Lipinski definition) is 3. The molecule has 0 saturated heterocycles. The van der Waals surface area contributed by atoms with Crippen molar-refractivity contribution in [1.82, 2.24) is 0 Å². The number of carbonyl (C=O) groups is 1. The summed E-state index contributed by atoms with van der Waals surface area (Å²) in [5, 5.41) is 9.71. The van der Waals surface area contributed by atoms with Crippen molar-refractivity contribution in [1.29, 1.82) is 0 Å². The van der Waals surface area contributed by atoms with Gasteiger partial charge in [-0.05, 0) is 31.0 Å². The zero-order chi connectivity index (χ0) is 12.1. The minimum absolute atomic E-state index is 0.112. The monoisotopic (exact) mass is 226 g/mol. The first-order valence-corrected chi connectivity index (χ1v) is 5.14. The van der Waals surface area contributed by atoms with Crippen LogP contribution in [0.3, 0.4) is 0 Å². The largest absolute Gasteiger partial charge is 0.466 e. The number of carbonyl (C=O) groups excluding carboxylic acids is 1. The average molecular weight is 226 g/mol. The summed E-state index contributed by atoms with van der Waals surface area (Å²) in [7, 11) is 0. The van der Waals surface area contributed by atoms with Gasteiger partial charge in [0.15, 0.2) is 0 Å². The maximum atomic E-state index is 13.0. The van der Waals surface area contributed by atoms with E-state index < -0.39 is 12.1 Å². The fraction of sp³-hybridized carbons (Fsp3) is 0.417. The van der Waals surface area contributed by atoms with Crippen LogP contribution >= 0.6 is 0 Å². The first-order chi connectivity index (χ1) is 7.54. The molecule has 0 fully saturated rings. The lowest BCUT2D eigenvalue weighted by atomic mass is 10.0. The average Bonchev–Trinajstić information content (AvgIpc) is 2.22. The predicted molar refractivity (Wildman–Crippen MR) is 57.3 cm³/mol. The number of esters is 1. The minimum Gasteiger partial charge on any atom is -0.466 e. The van der Waals surface area contributed by atoms with Gasteiger partial charge in [0, 0.05) is 0 Å². The number of aryl methyl sites for hydroxylation is 1. The van der Waals surface area contributed by atoms with Gasteiger partial charge in [-0.15, -0.1) is 0 Å². The maximum absolute atomic E-state index is 13.0. The molecule has 1 N–H and O–H groups in total. The molecule has 0 saturated carbocycles. The second kappa shape index (κ2) is 5.61. The lowest BCUT2D eigenvalue weighted by Gasteiger charge is -2.11. The Morgan fingerprint density at radius 2 is 2.25 bits per heavy atom. The standard InChI is InChI=1S/C12H15FO3/c1-3-16-12(15)7-11(14)9-4-5-10(13)8(2)6-9/h4-6,11,14H,3,7H2,1-2H3. The molecule has 0 bridgehead atoms. The maximum Gasteiger partial charge on any atom is 0.308 e. The summed E-state index contributed by atoms with van der Waals surface area (Å²) in [6, 6.07) is 4.27. The van der Waals surface area contributed by atoms with Gasteiger partial charge in [0.25, 0.3) is 0 Å². The predicted octanol–water partition coefficient (Wildman–Crippen LogP) is 2.12. The topological polar surface area (TPSA) is 46.5 Å². The van der Waals surface area contributed by atoms with Crippen LogP contribution in [-0.4, -0.2) is 17.7 Å². The van der Waals surface area contributed by atoms with Crippen molar-refractivity contribution in [3.8, 4) is 0 Å². The van der Waals surface area contributed by atoms with E-state index >= 15 is 0 Å². The summed E-state index contributed by atoms with van der Waals surface area (Å²) in [5.41, 5.74) is 0.965. The van der Waals surface area contributed by atoms with E-state index in [0.29, 0.717) is 11.1 Å². The Hall–Kier alpha value is -1.42. The van der Waals surface area contributed by atoms with Crippen LogP contribution in [0, 0.1) is 12.7 Å². The number of ether oxygens (including phenoxy) is 1. The van der Waals surface area contributed by atoms with Crippen molar-refractivity contribution in [2.45, 2.75) is 26.4 Å². The van der Waals surface area contributed by atoms with Gasteiger partial charge in [0.05, 0.1) is 19.1 Å². The number of benzene rings is 1. The molecule has 1 unspecified atom stereocenters. The first kappa shape index (κ1) is 12.6. The lowest BCUT2D eigenvalue weighted by molar-refractivity contribution is -0.145. The number of hydrogen-bond donors (Lipinski definition) is 1. The molecule has 4 heteroatoms. The summed E-state index contributed by atoms with van der Waals surface area (Å²) in [4.78, 5) is 11.1. The molecule has 0 aromatic heterocycles. The minimum atomic E-state index is -0.946. The Labute approximate surface area is 93.9 Å². The van der Waals surface area contributed by atoms with Gasteiger partial charge < -0.3 is 9.84 Å². The van der Waals surface area contributed by atoms with E-state index in [1.54, 1.807) is 13.8 Å². The Bertz CT molecular complexity index is 377. The van der Waals surface area contributed by atoms with Gasteiger partial charge in [-0.1, -0.05) is 12.1 Å². The molecule has 0 spiro atoms. The number of rotatable bonds is 4. The SMILES string of the molecule is CCOC(=O)CC(O)c1ccc(F)c(C)c1. The van der Waals surface area contributed by atoms with Crippen LogP contribution in [0.2, 0.25) is 0 Å². The Morgan fingerprint density at radius 1 is 1.56 bits per heavy atom. The van der Waals surface area contributed by atoms with Crippen LogP contribution in [0.15, 0.2) is 18.2 Å². The van der Waals surface area contributed by atoms with Crippen LogP contribution in [0.25, 0.3) is 0 Å². The molecular weight excluding hydrogens is 211 g/mol. The highest BCUT2D eigenvalue weighted by atomic mass is 19.1. The second-order valence-electron chi connectivity index (χ2n) is 3.53. The van der Waals surface area contributed by atoms with Crippen molar-refractivity contribution in [3.05, 3.63) is 35.1 Å². The molecule has 3 nitrogen and oxygen atoms in total. The van der Waals surface area contributed by atoms with Crippen LogP contribution in [0.5, 0.6) is 0 Å². The molecule has 0 amide bonds. The van der Waals surface area contributed by atoms with Gasteiger partial charge in [0.2, 0.25) is 0 Å². The van der Waals surface area contributed by atoms with E-state index in [0.717, 1.165) is 0 Å². The van der Waals surface area contributed by atoms with Gasteiger partial charge in [0.1, 0.15) is 5.82 Å². The van der Waals surface area contributed by atoms with Gasteiger partial charge in [-0.2, -0.15) is 0 Å². The van der Waals surface area contributed by atoms with Gasteiger partial charge in [-0.25, -0.2) is 4.39 Å². The van der Waals surface area contributed by atoms with Gasteiger partial charge in [-0.3, -0.25) is 4.79 Å². The van der Waals surface area contributed by atoms with E-state index in [-0.39, 0.29) is 18.8 Å². The third kappa shape index (κ3) is 3.31. The van der Waals surface area contributed by atoms with E-state index in [2.05, 4.69) is 0 Å². The molecule has 1 aromatic rings. The third-order valence-corrected chi connectivity index (χ3v) is 2.23. The van der Waals surface area contributed by atoms with Crippen molar-refractivity contribution < 1.29 is 19.0 Å². The molecule has 1 atom stereocenters. The molecule has 0 aliphatic rings. The molecule has 0 aliphatic heterocycles. The van der Waals surface area contributed by atoms with Crippen LogP contribution in [0.1, 0.15) is 30.6 Å². The van der Waals surface area contributed by atoms with Crippen molar-refractivity contribution in [3.63, 3.8) is 0 Å². The molecule has 0 radical (unpaired) electrons. The van der Waals surface area contributed by atoms with Crippen molar-refractivity contribution in [2.75, 3.05) is 6.61 Å². The summed E-state index contributed by atoms with van der Waals surface area (Å²) in [6.45, 7) is 3.59. The van der Waals surface area contributed by atoms with Crippen molar-refractivity contribution >= 4 is 5.97 Å². The zero-order valence-electron chi connectivity index (χ0n) is 9.37. The highest BCUT2D eigenvalue weighted by molar-refractivity contribution is 5.70. The number of aliphatic hydroxyl groups is 1. The smallest absolute Gasteiger partial charge is 0.308 e. The van der Waals surface area contributed by atoms with Crippen LogP contribution < -0.4 is 0 Å². The Kier molecular flexibility index (Phi) is 4.43. The van der Waals surface area contributed by atoms with E-state index in [9.17, 15) is 14.3 Å². The van der Waals surface area contributed by atoms with E-state index in [4.69, 9.17) is 4.74 Å². The molecule has 0 heterocycles. The zero-order valence-corrected chi connectivity index (χ0v) is 9.37. The summed E-state index contributed by atoms with van der Waals surface area (Å²) in [5.74, 6) is -0.788. The highest BCUT2D eigenvalue weighted by Gasteiger charge is 2.14. The van der Waals surface area contributed by atoms with Crippen LogP contribution in [-0.2, 0) is 9.53 Å². The molecule has 1 aromatic carbocycles. The van der Waals surface area contributed by atoms with Crippen LogP contribution in [0.4, 0.5) is 4.39 Å². The summed E-state index contributed by atoms with van der Waals surface area (Å²) in [6.07, 6.45) is -1.06. The van der Waals surface area contributed by atoms with Crippen molar-refractivity contribution in [2.24, 2.45) is 0 Å². The molecular formula is C12H15FO3. The Balaban J connectivity index is 2.69. The molecule has 0 aliphatic carbocycles. The quantitative estimate of drug-likeness (QED) is 0.800. The first-order valence-electron chi connectivity index (χ1n) is 5.14. The highest BCUT2D eigenvalue weighted by Crippen LogP contribution is 2.19. The second-order valence-corrected chi connectivity index (χ2v) is 3.53. The van der Waals surface area contributed by atoms with Gasteiger partial charge >= 0.3 is 5.97 Å². The molecule has 88 valence electrons. The fourth-order valence-electron chi connectivity index (χ4n) is 1.37. The normalized spacial score (nSPS) is 12.2. The summed E-state index contributed by atoms with van der Waals surface area (Å²) >= 11 is 0.